The second-order valence-corrected chi connectivity index (χ2v) is 7.17. The molecule has 2 aliphatic heterocycles. The molecule has 0 amide bonds. The molecule has 2 rings (SSSR count). The number of nitrogens with one attached hydrogen (secondary N) is 1. The zero-order chi connectivity index (χ0) is 13.0. The molecule has 0 aliphatic carbocycles. The van der Waals surface area contributed by atoms with Crippen LogP contribution in [0.4, 0.5) is 0 Å². The summed E-state index contributed by atoms with van der Waals surface area (Å²) >= 11 is 0. The van der Waals surface area contributed by atoms with Gasteiger partial charge in [0.25, 0.3) is 0 Å². The van der Waals surface area contributed by atoms with Crippen molar-refractivity contribution in [3.05, 3.63) is 0 Å². The van der Waals surface area contributed by atoms with Gasteiger partial charge in [-0.1, -0.05) is 27.2 Å². The van der Waals surface area contributed by atoms with Crippen LogP contribution < -0.4 is 5.32 Å². The molecule has 1 N–H and O–H groups in total. The molecule has 0 aromatic heterocycles. The zero-order valence-electron chi connectivity index (χ0n) is 12.7. The quantitative estimate of drug-likeness (QED) is 0.827. The summed E-state index contributed by atoms with van der Waals surface area (Å²) in [7, 11) is 0. The molecule has 0 saturated carbocycles. The number of nitrogens with zero attached hydrogens (tertiary/aromatic N) is 1. The first-order chi connectivity index (χ1) is 8.63. The van der Waals surface area contributed by atoms with Crippen LogP contribution >= 0.6 is 0 Å². The Morgan fingerprint density at radius 3 is 2.50 bits per heavy atom. The van der Waals surface area contributed by atoms with Crippen LogP contribution in [-0.2, 0) is 0 Å². The summed E-state index contributed by atoms with van der Waals surface area (Å²) in [5.41, 5.74) is 0.573. The summed E-state index contributed by atoms with van der Waals surface area (Å²) in [6.07, 6.45) is 6.97. The zero-order valence-corrected chi connectivity index (χ0v) is 12.7. The summed E-state index contributed by atoms with van der Waals surface area (Å²) in [6, 6.07) is 0. The lowest BCUT2D eigenvalue weighted by atomic mass is 9.76. The first-order valence-electron chi connectivity index (χ1n) is 8.06. The van der Waals surface area contributed by atoms with Crippen molar-refractivity contribution in [1.82, 2.24) is 10.2 Å². The molecule has 0 aromatic carbocycles. The Morgan fingerprint density at radius 2 is 1.94 bits per heavy atom. The number of hydrogen-bond donors (Lipinski definition) is 1. The largest absolute Gasteiger partial charge is 0.316 e. The van der Waals surface area contributed by atoms with Crippen molar-refractivity contribution in [2.24, 2.45) is 17.3 Å². The molecule has 0 aromatic rings. The van der Waals surface area contributed by atoms with E-state index >= 15 is 0 Å². The fraction of sp³-hybridized carbons (Fsp3) is 1.00. The third kappa shape index (κ3) is 3.71. The van der Waals surface area contributed by atoms with Gasteiger partial charge in [-0.2, -0.15) is 0 Å². The van der Waals surface area contributed by atoms with Gasteiger partial charge in [0.1, 0.15) is 0 Å². The predicted octanol–water partition coefficient (Wildman–Crippen LogP) is 3.13. The molecular weight excluding hydrogens is 220 g/mol. The van der Waals surface area contributed by atoms with Gasteiger partial charge in [-0.15, -0.1) is 0 Å². The molecule has 0 spiro atoms. The van der Waals surface area contributed by atoms with Crippen molar-refractivity contribution in [1.29, 1.82) is 0 Å². The van der Waals surface area contributed by atoms with Crippen LogP contribution in [-0.4, -0.2) is 37.6 Å². The molecule has 2 nitrogen and oxygen atoms in total. The van der Waals surface area contributed by atoms with E-state index in [1.54, 1.807) is 0 Å². The molecule has 2 saturated heterocycles. The van der Waals surface area contributed by atoms with E-state index in [1.165, 1.54) is 64.8 Å². The smallest absolute Gasteiger partial charge is 0.00504 e. The summed E-state index contributed by atoms with van der Waals surface area (Å²) in [5.74, 6) is 1.79. The van der Waals surface area contributed by atoms with Crippen molar-refractivity contribution < 1.29 is 0 Å². The molecule has 106 valence electrons. The van der Waals surface area contributed by atoms with E-state index in [1.807, 2.05) is 0 Å². The number of likely N-dealkylation sites (tertiary alicyclic amines) is 1. The lowest BCUT2D eigenvalue weighted by Gasteiger charge is -2.44. The first kappa shape index (κ1) is 14.3. The summed E-state index contributed by atoms with van der Waals surface area (Å²) in [4.78, 5) is 2.77. The molecule has 3 unspecified atom stereocenters. The maximum absolute atomic E-state index is 3.65. The van der Waals surface area contributed by atoms with Crippen LogP contribution in [0.1, 0.15) is 52.9 Å². The van der Waals surface area contributed by atoms with E-state index in [0.29, 0.717) is 5.41 Å². The second kappa shape index (κ2) is 6.38. The minimum absolute atomic E-state index is 0.573. The summed E-state index contributed by atoms with van der Waals surface area (Å²) < 4.78 is 0. The van der Waals surface area contributed by atoms with Gasteiger partial charge >= 0.3 is 0 Å². The van der Waals surface area contributed by atoms with Gasteiger partial charge in [0.2, 0.25) is 0 Å². The maximum atomic E-state index is 3.65. The van der Waals surface area contributed by atoms with E-state index < -0.39 is 0 Å². The van der Waals surface area contributed by atoms with E-state index in [-0.39, 0.29) is 0 Å². The number of rotatable bonds is 4. The van der Waals surface area contributed by atoms with Crippen LogP contribution in [0.15, 0.2) is 0 Å². The van der Waals surface area contributed by atoms with Gasteiger partial charge in [-0.05, 0) is 49.5 Å². The highest BCUT2D eigenvalue weighted by molar-refractivity contribution is 4.89. The Labute approximate surface area is 114 Å². The molecule has 0 bridgehead atoms. The Kier molecular flexibility index (Phi) is 5.08. The van der Waals surface area contributed by atoms with E-state index in [2.05, 4.69) is 31.0 Å². The highest BCUT2D eigenvalue weighted by atomic mass is 15.1. The minimum atomic E-state index is 0.573. The Morgan fingerprint density at radius 1 is 1.22 bits per heavy atom. The summed E-state index contributed by atoms with van der Waals surface area (Å²) in [5, 5.41) is 3.65. The molecule has 2 fully saturated rings. The molecular formula is C16H32N2. The second-order valence-electron chi connectivity index (χ2n) is 7.17. The Bertz CT molecular complexity index is 230. The third-order valence-corrected chi connectivity index (χ3v) is 4.84. The predicted molar refractivity (Wildman–Crippen MR) is 78.8 cm³/mol. The van der Waals surface area contributed by atoms with Crippen molar-refractivity contribution >= 4 is 0 Å². The number of hydrogen-bond acceptors (Lipinski definition) is 2. The van der Waals surface area contributed by atoms with Crippen LogP contribution in [0.5, 0.6) is 0 Å². The average molecular weight is 252 g/mol. The molecule has 0 radical (unpaired) electrons. The van der Waals surface area contributed by atoms with Crippen LogP contribution in [0, 0.1) is 17.3 Å². The Hall–Kier alpha value is -0.0800. The van der Waals surface area contributed by atoms with Gasteiger partial charge in [-0.25, -0.2) is 0 Å². The van der Waals surface area contributed by atoms with Crippen LogP contribution in [0.2, 0.25) is 0 Å². The van der Waals surface area contributed by atoms with Gasteiger partial charge in [0.15, 0.2) is 0 Å². The third-order valence-electron chi connectivity index (χ3n) is 4.84. The van der Waals surface area contributed by atoms with Crippen molar-refractivity contribution in [2.45, 2.75) is 52.9 Å². The standard InChI is InChI=1S/C16H32N2/c1-4-6-16(7-5-8-17-12-16)13-18-10-14(2)9-15(3)11-18/h14-15,17H,4-13H2,1-3H3. The molecule has 2 aliphatic rings. The molecule has 18 heavy (non-hydrogen) atoms. The first-order valence-corrected chi connectivity index (χ1v) is 8.06. The van der Waals surface area contributed by atoms with Gasteiger partial charge < -0.3 is 10.2 Å². The fourth-order valence-electron chi connectivity index (χ4n) is 4.38. The topological polar surface area (TPSA) is 15.3 Å². The Balaban J connectivity index is 1.95. The average Bonchev–Trinajstić information content (AvgIpc) is 2.28. The number of piperidine rings is 2. The normalized spacial score (nSPS) is 38.8. The van der Waals surface area contributed by atoms with E-state index in [4.69, 9.17) is 0 Å². The summed E-state index contributed by atoms with van der Waals surface area (Å²) in [6.45, 7) is 13.7. The van der Waals surface area contributed by atoms with Crippen molar-refractivity contribution in [2.75, 3.05) is 32.7 Å². The van der Waals surface area contributed by atoms with Gasteiger partial charge in [0, 0.05) is 26.2 Å². The SMILES string of the molecule is CCCC1(CN2CC(C)CC(C)C2)CCCNC1. The minimum Gasteiger partial charge on any atom is -0.316 e. The monoisotopic (exact) mass is 252 g/mol. The maximum Gasteiger partial charge on any atom is 0.00504 e. The fourth-order valence-corrected chi connectivity index (χ4v) is 4.38. The lowest BCUT2D eigenvalue weighted by molar-refractivity contribution is 0.0605. The lowest BCUT2D eigenvalue weighted by Crippen LogP contribution is -2.50. The highest BCUT2D eigenvalue weighted by Crippen LogP contribution is 2.34. The molecule has 2 heterocycles. The van der Waals surface area contributed by atoms with Gasteiger partial charge in [-0.3, -0.25) is 0 Å². The van der Waals surface area contributed by atoms with E-state index in [0.717, 1.165) is 11.8 Å². The van der Waals surface area contributed by atoms with Crippen molar-refractivity contribution in [3.63, 3.8) is 0 Å². The van der Waals surface area contributed by atoms with Crippen molar-refractivity contribution in [3.8, 4) is 0 Å². The molecule has 3 atom stereocenters. The van der Waals surface area contributed by atoms with E-state index in [9.17, 15) is 0 Å². The van der Waals surface area contributed by atoms with Gasteiger partial charge in [0.05, 0.1) is 0 Å². The van der Waals surface area contributed by atoms with Crippen LogP contribution in [0.3, 0.4) is 0 Å². The molecule has 2 heteroatoms. The van der Waals surface area contributed by atoms with Crippen LogP contribution in [0.25, 0.3) is 0 Å². The highest BCUT2D eigenvalue weighted by Gasteiger charge is 2.34.